The molecule has 5 rings (SSSR count). The van der Waals surface area contributed by atoms with Crippen molar-refractivity contribution in [2.75, 3.05) is 6.61 Å². The van der Waals surface area contributed by atoms with Crippen LogP contribution in [0.15, 0.2) is 120 Å². The molecule has 1 saturated heterocycles. The van der Waals surface area contributed by atoms with Gasteiger partial charge in [0.05, 0.1) is 0 Å². The van der Waals surface area contributed by atoms with Crippen LogP contribution in [0.3, 0.4) is 0 Å². The fourth-order valence-electron chi connectivity index (χ4n) is 5.91. The summed E-state index contributed by atoms with van der Waals surface area (Å²) in [7, 11) is 0. The van der Waals surface area contributed by atoms with E-state index < -0.39 is 59.4 Å². The van der Waals surface area contributed by atoms with Crippen molar-refractivity contribution in [3.05, 3.63) is 138 Å². The van der Waals surface area contributed by atoms with Gasteiger partial charge < -0.3 is 29.0 Å². The van der Waals surface area contributed by atoms with Crippen LogP contribution in [0.2, 0.25) is 0 Å². The smallest absolute Gasteiger partial charge is 0.409 e. The third kappa shape index (κ3) is 8.71. The molecule has 0 saturated carbocycles. The summed E-state index contributed by atoms with van der Waals surface area (Å²) < 4.78 is 29.7. The summed E-state index contributed by atoms with van der Waals surface area (Å²) >= 11 is 1.26. The van der Waals surface area contributed by atoms with Crippen molar-refractivity contribution in [1.29, 1.82) is 0 Å². The highest BCUT2D eigenvalue weighted by Crippen LogP contribution is 2.41. The number of amides is 1. The van der Waals surface area contributed by atoms with Crippen LogP contribution in [-0.4, -0.2) is 60.4 Å². The van der Waals surface area contributed by atoms with Gasteiger partial charge in [0.1, 0.15) is 24.2 Å². The fraction of sp³-hybridized carbons (Fsp3) is 0.282. The molecule has 1 N–H and O–H groups in total. The number of hydrogen-bond acceptors (Lipinski definition) is 10. The molecule has 0 aliphatic carbocycles. The molecule has 1 heterocycles. The molecule has 1 fully saturated rings. The van der Waals surface area contributed by atoms with E-state index in [9.17, 15) is 19.2 Å². The number of hydrogen-bond donors (Lipinski definition) is 1. The van der Waals surface area contributed by atoms with Crippen molar-refractivity contribution in [2.24, 2.45) is 0 Å². The molecular weight excluding hydrogens is 658 g/mol. The highest BCUT2D eigenvalue weighted by molar-refractivity contribution is 7.99. The first-order chi connectivity index (χ1) is 24.1. The van der Waals surface area contributed by atoms with Gasteiger partial charge in [0, 0.05) is 42.4 Å². The molecule has 4 aromatic rings. The van der Waals surface area contributed by atoms with Crippen LogP contribution in [0.1, 0.15) is 43.0 Å². The Hall–Kier alpha value is -5.13. The first kappa shape index (κ1) is 36.2. The molecule has 11 heteroatoms. The Morgan fingerprint density at radius 1 is 0.680 bits per heavy atom. The van der Waals surface area contributed by atoms with Crippen molar-refractivity contribution < 1.29 is 42.9 Å². The SMILES string of the molecule is CC(=O)OC[C@H]1O[C@@H](Sc2ccc(C)cc2)[C@H](NC(=O)OC(c2ccccc2)(c2ccccc2)c2ccccc2)[C@@H](OC(C)=O)[C@@H]1OC(C)=O. The number of alkyl carbamates (subject to hydrolysis) is 1. The van der Waals surface area contributed by atoms with Crippen LogP contribution < -0.4 is 5.32 Å². The van der Waals surface area contributed by atoms with E-state index in [1.165, 1.54) is 32.5 Å². The zero-order valence-corrected chi connectivity index (χ0v) is 29.0. The summed E-state index contributed by atoms with van der Waals surface area (Å²) in [4.78, 5) is 52.0. The lowest BCUT2D eigenvalue weighted by Gasteiger charge is -2.45. The summed E-state index contributed by atoms with van der Waals surface area (Å²) in [6.07, 6.45) is -4.41. The number of esters is 3. The number of thioether (sulfide) groups is 1. The fourth-order valence-corrected chi connectivity index (χ4v) is 7.04. The van der Waals surface area contributed by atoms with Gasteiger partial charge in [-0.1, -0.05) is 120 Å². The van der Waals surface area contributed by atoms with Gasteiger partial charge in [-0.05, 0) is 19.1 Å². The Morgan fingerprint density at radius 3 is 1.62 bits per heavy atom. The minimum Gasteiger partial charge on any atom is -0.463 e. The van der Waals surface area contributed by atoms with Gasteiger partial charge in [0.25, 0.3) is 0 Å². The lowest BCUT2D eigenvalue weighted by atomic mass is 9.80. The minimum atomic E-state index is -1.41. The van der Waals surface area contributed by atoms with Crippen molar-refractivity contribution in [3.63, 3.8) is 0 Å². The second-order valence-corrected chi connectivity index (χ2v) is 12.9. The van der Waals surface area contributed by atoms with E-state index in [1.807, 2.05) is 122 Å². The van der Waals surface area contributed by atoms with Crippen LogP contribution >= 0.6 is 11.8 Å². The summed E-state index contributed by atoms with van der Waals surface area (Å²) in [6, 6.07) is 34.6. The number of ether oxygens (including phenoxy) is 5. The quantitative estimate of drug-likeness (QED) is 0.108. The molecule has 1 aliphatic rings. The third-order valence-electron chi connectivity index (χ3n) is 8.05. The monoisotopic (exact) mass is 697 g/mol. The Kier molecular flexibility index (Phi) is 11.9. The average molecular weight is 698 g/mol. The van der Waals surface area contributed by atoms with Crippen LogP contribution in [0.4, 0.5) is 4.79 Å². The van der Waals surface area contributed by atoms with Crippen molar-refractivity contribution in [3.8, 4) is 0 Å². The first-order valence-corrected chi connectivity index (χ1v) is 17.0. The number of aryl methyl sites for hydroxylation is 1. The third-order valence-corrected chi connectivity index (χ3v) is 9.23. The lowest BCUT2D eigenvalue weighted by Crippen LogP contribution is -2.65. The largest absolute Gasteiger partial charge is 0.463 e. The van der Waals surface area contributed by atoms with E-state index in [0.29, 0.717) is 16.7 Å². The zero-order chi connectivity index (χ0) is 35.7. The van der Waals surface area contributed by atoms with Gasteiger partial charge in [-0.3, -0.25) is 14.4 Å². The molecule has 50 heavy (non-hydrogen) atoms. The Morgan fingerprint density at radius 2 is 1.16 bits per heavy atom. The highest BCUT2D eigenvalue weighted by atomic mass is 32.2. The number of carbonyl (C=O) groups is 4. The van der Waals surface area contributed by atoms with Crippen molar-refractivity contribution in [2.45, 2.75) is 68.0 Å². The number of carbonyl (C=O) groups excluding carboxylic acids is 4. The van der Waals surface area contributed by atoms with Crippen LogP contribution in [0.25, 0.3) is 0 Å². The van der Waals surface area contributed by atoms with Gasteiger partial charge in [0.2, 0.25) is 0 Å². The molecule has 1 aliphatic heterocycles. The van der Waals surface area contributed by atoms with Gasteiger partial charge >= 0.3 is 24.0 Å². The standard InChI is InChI=1S/C39H39NO9S/c1-25-20-22-32(23-21-25)50-37-34(36(47-28(4)43)35(46-27(3)42)33(48-37)24-45-26(2)41)40-38(44)49-39(29-14-8-5-9-15-29,30-16-10-6-11-17-30)31-18-12-7-13-19-31/h5-23,33-37H,24H2,1-4H3,(H,40,44)/t33-,34-,35-,36-,37+/m1/s1. The number of benzene rings is 4. The highest BCUT2D eigenvalue weighted by Gasteiger charge is 2.52. The maximum Gasteiger partial charge on any atom is 0.409 e. The maximum atomic E-state index is 14.4. The lowest BCUT2D eigenvalue weighted by molar-refractivity contribution is -0.211. The van der Waals surface area contributed by atoms with Gasteiger partial charge in [-0.25, -0.2) is 4.79 Å². The molecule has 0 bridgehead atoms. The molecule has 4 aromatic carbocycles. The average Bonchev–Trinajstić information content (AvgIpc) is 3.10. The number of nitrogens with one attached hydrogen (secondary N) is 1. The maximum absolute atomic E-state index is 14.4. The van der Waals surface area contributed by atoms with Crippen LogP contribution in [-0.2, 0) is 43.7 Å². The van der Waals surface area contributed by atoms with Gasteiger partial charge in [-0.2, -0.15) is 0 Å². The summed E-state index contributed by atoms with van der Waals surface area (Å²) in [6.45, 7) is 5.31. The molecular formula is C39H39NO9S. The molecule has 10 nitrogen and oxygen atoms in total. The molecule has 0 spiro atoms. The second kappa shape index (κ2) is 16.5. The zero-order valence-electron chi connectivity index (χ0n) is 28.1. The predicted molar refractivity (Wildman–Crippen MR) is 186 cm³/mol. The molecule has 0 radical (unpaired) electrons. The van der Waals surface area contributed by atoms with E-state index >= 15 is 0 Å². The van der Waals surface area contributed by atoms with Gasteiger partial charge in [-0.15, -0.1) is 0 Å². The van der Waals surface area contributed by atoms with Crippen molar-refractivity contribution in [1.82, 2.24) is 5.32 Å². The molecule has 0 aromatic heterocycles. The Labute approximate surface area is 295 Å². The van der Waals surface area contributed by atoms with E-state index in [0.717, 1.165) is 10.5 Å². The summed E-state index contributed by atoms with van der Waals surface area (Å²) in [5, 5.41) is 2.93. The normalized spacial score (nSPS) is 20.2. The van der Waals surface area contributed by atoms with Crippen LogP contribution in [0.5, 0.6) is 0 Å². The van der Waals surface area contributed by atoms with Gasteiger partial charge in [0.15, 0.2) is 17.8 Å². The Bertz CT molecular complexity index is 1660. The summed E-state index contributed by atoms with van der Waals surface area (Å²) in [5.74, 6) is -1.96. The molecule has 1 amide bonds. The first-order valence-electron chi connectivity index (χ1n) is 16.1. The van der Waals surface area contributed by atoms with Crippen molar-refractivity contribution >= 4 is 35.8 Å². The van der Waals surface area contributed by atoms with E-state index in [1.54, 1.807) is 0 Å². The van der Waals surface area contributed by atoms with E-state index in [2.05, 4.69) is 5.32 Å². The molecule has 5 atom stereocenters. The van der Waals surface area contributed by atoms with Crippen LogP contribution in [0, 0.1) is 6.92 Å². The van der Waals surface area contributed by atoms with E-state index in [4.69, 9.17) is 23.7 Å². The molecule has 0 unspecified atom stereocenters. The predicted octanol–water partition coefficient (Wildman–Crippen LogP) is 6.33. The summed E-state index contributed by atoms with van der Waals surface area (Å²) in [5.41, 5.74) is 0.766. The molecule has 260 valence electrons. The topological polar surface area (TPSA) is 126 Å². The van der Waals surface area contributed by atoms with E-state index in [-0.39, 0.29) is 6.61 Å². The number of rotatable bonds is 11. The minimum absolute atomic E-state index is 0.299. The Balaban J connectivity index is 1.59. The second-order valence-electron chi connectivity index (χ2n) is 11.8.